The Balaban J connectivity index is 2.16. The zero-order chi connectivity index (χ0) is 12.7. The van der Waals surface area contributed by atoms with Crippen molar-refractivity contribution in [2.45, 2.75) is 0 Å². The number of aromatic nitrogens is 3. The summed E-state index contributed by atoms with van der Waals surface area (Å²) in [6.07, 6.45) is 1.72. The quantitative estimate of drug-likeness (QED) is 0.651. The molecule has 0 saturated heterocycles. The third kappa shape index (κ3) is 2.18. The van der Waals surface area contributed by atoms with Gasteiger partial charge in [-0.2, -0.15) is 0 Å². The van der Waals surface area contributed by atoms with Crippen LogP contribution in [0.5, 0.6) is 0 Å². The molecule has 3 aromatic rings. The molecule has 0 aliphatic heterocycles. The Morgan fingerprint density at radius 1 is 1.17 bits per heavy atom. The molecule has 90 valence electrons. The monoisotopic (exact) mass is 385 g/mol. The number of nitrogens with one attached hydrogen (secondary N) is 1. The summed E-state index contributed by atoms with van der Waals surface area (Å²) in [6.45, 7) is 0. The molecule has 2 aromatic heterocycles. The van der Waals surface area contributed by atoms with E-state index in [1.807, 2.05) is 24.3 Å². The molecule has 0 radical (unpaired) electrons. The van der Waals surface area contributed by atoms with E-state index in [-0.39, 0.29) is 0 Å². The van der Waals surface area contributed by atoms with Crippen LogP contribution in [0.25, 0.3) is 22.6 Å². The highest BCUT2D eigenvalue weighted by Crippen LogP contribution is 2.28. The minimum Gasteiger partial charge on any atom is -0.337 e. The molecule has 3 nitrogen and oxygen atoms in total. The van der Waals surface area contributed by atoms with Crippen molar-refractivity contribution < 1.29 is 0 Å². The molecule has 0 aliphatic carbocycles. The summed E-state index contributed by atoms with van der Waals surface area (Å²) in [4.78, 5) is 11.9. The van der Waals surface area contributed by atoms with Gasteiger partial charge in [-0.05, 0) is 50.1 Å². The van der Waals surface area contributed by atoms with E-state index in [4.69, 9.17) is 11.6 Å². The number of halogens is 3. The predicted octanol–water partition coefficient (Wildman–Crippen LogP) is 4.80. The number of fused-ring (bicyclic) bond motifs is 1. The van der Waals surface area contributed by atoms with Gasteiger partial charge in [-0.15, -0.1) is 0 Å². The molecule has 0 fully saturated rings. The van der Waals surface area contributed by atoms with Crippen molar-refractivity contribution in [1.82, 2.24) is 15.0 Å². The van der Waals surface area contributed by atoms with Gasteiger partial charge in [0.2, 0.25) is 0 Å². The third-order valence-corrected chi connectivity index (χ3v) is 4.16. The van der Waals surface area contributed by atoms with Gasteiger partial charge in [0.05, 0.1) is 10.5 Å². The van der Waals surface area contributed by atoms with Crippen molar-refractivity contribution >= 4 is 54.6 Å². The Morgan fingerprint density at radius 3 is 2.78 bits per heavy atom. The van der Waals surface area contributed by atoms with Gasteiger partial charge >= 0.3 is 0 Å². The van der Waals surface area contributed by atoms with Gasteiger partial charge in [0.1, 0.15) is 5.82 Å². The van der Waals surface area contributed by atoms with E-state index in [2.05, 4.69) is 46.8 Å². The number of H-pyrrole nitrogens is 1. The molecule has 0 aliphatic rings. The standard InChI is InChI=1S/C12H6Br2ClN3/c13-7-4-10-12(16-5-7)18-11(17-10)6-1-2-8(14)9(15)3-6/h1-5H,(H,16,17,18). The SMILES string of the molecule is Clc1cc(-c2nc3ncc(Br)cc3[nH]2)ccc1Br. The summed E-state index contributed by atoms with van der Waals surface area (Å²) in [5, 5.41) is 0.655. The maximum absolute atomic E-state index is 6.08. The lowest BCUT2D eigenvalue weighted by molar-refractivity contribution is 1.30. The average Bonchev–Trinajstić information content (AvgIpc) is 2.75. The van der Waals surface area contributed by atoms with Crippen molar-refractivity contribution in [2.75, 3.05) is 0 Å². The Labute approximate surface area is 125 Å². The van der Waals surface area contributed by atoms with Crippen LogP contribution in [-0.2, 0) is 0 Å². The number of hydrogen-bond acceptors (Lipinski definition) is 2. The van der Waals surface area contributed by atoms with Crippen molar-refractivity contribution in [2.24, 2.45) is 0 Å². The van der Waals surface area contributed by atoms with Crippen molar-refractivity contribution in [3.8, 4) is 11.4 Å². The number of hydrogen-bond donors (Lipinski definition) is 1. The van der Waals surface area contributed by atoms with Gasteiger partial charge in [0, 0.05) is 20.7 Å². The molecule has 1 aromatic carbocycles. The number of imidazole rings is 1. The molecule has 18 heavy (non-hydrogen) atoms. The van der Waals surface area contributed by atoms with E-state index < -0.39 is 0 Å². The van der Waals surface area contributed by atoms with E-state index in [0.717, 1.165) is 25.8 Å². The fraction of sp³-hybridized carbons (Fsp3) is 0. The smallest absolute Gasteiger partial charge is 0.178 e. The van der Waals surface area contributed by atoms with Gasteiger partial charge in [0.15, 0.2) is 5.65 Å². The number of aromatic amines is 1. The normalized spacial score (nSPS) is 11.1. The van der Waals surface area contributed by atoms with Crippen LogP contribution in [0.4, 0.5) is 0 Å². The van der Waals surface area contributed by atoms with Crippen molar-refractivity contribution in [3.05, 3.63) is 44.4 Å². The van der Waals surface area contributed by atoms with Crippen LogP contribution in [0.1, 0.15) is 0 Å². The molecule has 0 saturated carbocycles. The van der Waals surface area contributed by atoms with Crippen LogP contribution >= 0.6 is 43.5 Å². The average molecular weight is 387 g/mol. The Kier molecular flexibility index (Phi) is 3.13. The lowest BCUT2D eigenvalue weighted by Crippen LogP contribution is -1.80. The summed E-state index contributed by atoms with van der Waals surface area (Å²) >= 11 is 12.8. The molecule has 0 bridgehead atoms. The highest BCUT2D eigenvalue weighted by atomic mass is 79.9. The maximum Gasteiger partial charge on any atom is 0.178 e. The van der Waals surface area contributed by atoms with Crippen molar-refractivity contribution in [1.29, 1.82) is 0 Å². The zero-order valence-electron chi connectivity index (χ0n) is 8.92. The summed E-state index contributed by atoms with van der Waals surface area (Å²) in [5.41, 5.74) is 2.50. The summed E-state index contributed by atoms with van der Waals surface area (Å²) in [6, 6.07) is 7.65. The van der Waals surface area contributed by atoms with Crippen LogP contribution in [0.3, 0.4) is 0 Å². The fourth-order valence-electron chi connectivity index (χ4n) is 1.65. The fourth-order valence-corrected chi connectivity index (χ4v) is 2.41. The maximum atomic E-state index is 6.08. The summed E-state index contributed by atoms with van der Waals surface area (Å²) in [7, 11) is 0. The minimum atomic E-state index is 0.655. The van der Waals surface area contributed by atoms with Gasteiger partial charge in [-0.3, -0.25) is 0 Å². The molecule has 0 atom stereocenters. The van der Waals surface area contributed by atoms with Crippen LogP contribution in [-0.4, -0.2) is 15.0 Å². The number of benzene rings is 1. The largest absolute Gasteiger partial charge is 0.337 e. The first-order chi connectivity index (χ1) is 8.63. The van der Waals surface area contributed by atoms with Gasteiger partial charge in [-0.1, -0.05) is 17.7 Å². The molecule has 6 heteroatoms. The first-order valence-electron chi connectivity index (χ1n) is 5.10. The molecule has 0 unspecified atom stereocenters. The molecule has 0 spiro atoms. The topological polar surface area (TPSA) is 41.6 Å². The molecule has 1 N–H and O–H groups in total. The van der Waals surface area contributed by atoms with E-state index >= 15 is 0 Å². The molecule has 0 amide bonds. The molecule has 3 rings (SSSR count). The zero-order valence-corrected chi connectivity index (χ0v) is 12.8. The highest BCUT2D eigenvalue weighted by molar-refractivity contribution is 9.10. The Morgan fingerprint density at radius 2 is 2.00 bits per heavy atom. The Hall–Kier alpha value is -0.910. The predicted molar refractivity (Wildman–Crippen MR) is 79.7 cm³/mol. The number of pyridine rings is 1. The summed E-state index contributed by atoms with van der Waals surface area (Å²) < 4.78 is 1.78. The van der Waals surface area contributed by atoms with E-state index in [0.29, 0.717) is 10.7 Å². The van der Waals surface area contributed by atoms with E-state index in [1.165, 1.54) is 0 Å². The van der Waals surface area contributed by atoms with Crippen LogP contribution < -0.4 is 0 Å². The lowest BCUT2D eigenvalue weighted by atomic mass is 10.2. The lowest BCUT2D eigenvalue weighted by Gasteiger charge is -1.99. The first-order valence-corrected chi connectivity index (χ1v) is 7.06. The summed E-state index contributed by atoms with van der Waals surface area (Å²) in [5.74, 6) is 0.755. The Bertz CT molecular complexity index is 739. The van der Waals surface area contributed by atoms with Crippen LogP contribution in [0.2, 0.25) is 5.02 Å². The van der Waals surface area contributed by atoms with Crippen LogP contribution in [0.15, 0.2) is 39.4 Å². The number of rotatable bonds is 1. The van der Waals surface area contributed by atoms with E-state index in [9.17, 15) is 0 Å². The second-order valence-corrected chi connectivity index (χ2v) is 5.92. The molecular formula is C12H6Br2ClN3. The molecule has 2 heterocycles. The van der Waals surface area contributed by atoms with Crippen LogP contribution in [0, 0.1) is 0 Å². The number of nitrogens with zero attached hydrogens (tertiary/aromatic N) is 2. The second-order valence-electron chi connectivity index (χ2n) is 3.74. The van der Waals surface area contributed by atoms with Gasteiger partial charge in [-0.25, -0.2) is 9.97 Å². The van der Waals surface area contributed by atoms with E-state index in [1.54, 1.807) is 6.20 Å². The third-order valence-electron chi connectivity index (χ3n) is 2.50. The highest BCUT2D eigenvalue weighted by Gasteiger charge is 2.08. The van der Waals surface area contributed by atoms with Gasteiger partial charge in [0.25, 0.3) is 0 Å². The minimum absolute atomic E-state index is 0.655. The second kappa shape index (κ2) is 4.64. The first kappa shape index (κ1) is 12.1. The van der Waals surface area contributed by atoms with Crippen molar-refractivity contribution in [3.63, 3.8) is 0 Å². The molecular weight excluding hydrogens is 381 g/mol. The van der Waals surface area contributed by atoms with Gasteiger partial charge < -0.3 is 4.98 Å².